The van der Waals surface area contributed by atoms with Crippen LogP contribution in [0.25, 0.3) is 11.3 Å². The summed E-state index contributed by atoms with van der Waals surface area (Å²) >= 11 is 0. The zero-order chi connectivity index (χ0) is 16.4. The van der Waals surface area contributed by atoms with Crippen molar-refractivity contribution in [3.8, 4) is 17.3 Å². The van der Waals surface area contributed by atoms with Gasteiger partial charge in [0.25, 0.3) is 0 Å². The van der Waals surface area contributed by atoms with Crippen molar-refractivity contribution in [2.24, 2.45) is 0 Å². The van der Waals surface area contributed by atoms with Gasteiger partial charge < -0.3 is 0 Å². The molecule has 0 aliphatic carbocycles. The highest BCUT2D eigenvalue weighted by atomic mass is 19.1. The Morgan fingerprint density at radius 3 is 2.61 bits per heavy atom. The van der Waals surface area contributed by atoms with Crippen LogP contribution in [0, 0.1) is 31.0 Å². The number of aromatic nitrogens is 3. The van der Waals surface area contributed by atoms with E-state index in [0.717, 1.165) is 11.1 Å². The van der Waals surface area contributed by atoms with E-state index in [1.165, 1.54) is 11.6 Å². The molecule has 23 heavy (non-hydrogen) atoms. The highest BCUT2D eigenvalue weighted by Gasteiger charge is 2.16. The second-order valence-electron chi connectivity index (χ2n) is 5.45. The summed E-state index contributed by atoms with van der Waals surface area (Å²) in [5.41, 5.74) is 4.49. The van der Waals surface area contributed by atoms with Gasteiger partial charge in [-0.05, 0) is 37.1 Å². The average molecular weight is 306 g/mol. The smallest absolute Gasteiger partial charge is 0.190 e. The van der Waals surface area contributed by atoms with Gasteiger partial charge in [0.15, 0.2) is 5.69 Å². The molecule has 5 heteroatoms. The third-order valence-electron chi connectivity index (χ3n) is 3.90. The molecule has 0 radical (unpaired) electrons. The number of benzene rings is 2. The lowest BCUT2D eigenvalue weighted by molar-refractivity contribution is 0.579. The third kappa shape index (κ3) is 2.84. The van der Waals surface area contributed by atoms with E-state index in [4.69, 9.17) is 0 Å². The molecule has 0 aliphatic rings. The summed E-state index contributed by atoms with van der Waals surface area (Å²) < 4.78 is 15.5. The van der Waals surface area contributed by atoms with Crippen molar-refractivity contribution in [2.75, 3.05) is 0 Å². The van der Waals surface area contributed by atoms with E-state index in [9.17, 15) is 9.65 Å². The molecule has 1 heterocycles. The Hall–Kier alpha value is -3.00. The first-order valence-corrected chi connectivity index (χ1v) is 7.24. The molecule has 0 saturated heterocycles. The number of aryl methyl sites for hydroxylation is 2. The number of hydrogen-bond donors (Lipinski definition) is 0. The van der Waals surface area contributed by atoms with E-state index in [0.29, 0.717) is 11.3 Å². The molecule has 114 valence electrons. The highest BCUT2D eigenvalue weighted by molar-refractivity contribution is 5.66. The lowest BCUT2D eigenvalue weighted by Gasteiger charge is -2.09. The molecule has 0 N–H and O–H groups in total. The van der Waals surface area contributed by atoms with Crippen LogP contribution in [0.2, 0.25) is 0 Å². The summed E-state index contributed by atoms with van der Waals surface area (Å²) in [4.78, 5) is 0. The summed E-state index contributed by atoms with van der Waals surface area (Å²) in [6.07, 6.45) is 0. The van der Waals surface area contributed by atoms with Crippen LogP contribution in [0.3, 0.4) is 0 Å². The van der Waals surface area contributed by atoms with Crippen LogP contribution in [0.4, 0.5) is 4.39 Å². The molecule has 0 aliphatic heterocycles. The van der Waals surface area contributed by atoms with Crippen molar-refractivity contribution in [1.29, 1.82) is 5.26 Å². The topological polar surface area (TPSA) is 54.5 Å². The Morgan fingerprint density at radius 1 is 1.13 bits per heavy atom. The van der Waals surface area contributed by atoms with Crippen molar-refractivity contribution in [2.45, 2.75) is 20.4 Å². The van der Waals surface area contributed by atoms with Crippen molar-refractivity contribution >= 4 is 0 Å². The van der Waals surface area contributed by atoms with Gasteiger partial charge in [-0.25, -0.2) is 9.07 Å². The van der Waals surface area contributed by atoms with E-state index in [1.54, 1.807) is 22.9 Å². The predicted octanol–water partition coefficient (Wildman–Crippen LogP) is 3.62. The van der Waals surface area contributed by atoms with Crippen LogP contribution in [0.5, 0.6) is 0 Å². The summed E-state index contributed by atoms with van der Waals surface area (Å²) in [5, 5.41) is 17.2. The van der Waals surface area contributed by atoms with Crippen molar-refractivity contribution in [3.63, 3.8) is 0 Å². The van der Waals surface area contributed by atoms with Gasteiger partial charge in [0.1, 0.15) is 17.6 Å². The second kappa shape index (κ2) is 6.01. The van der Waals surface area contributed by atoms with Gasteiger partial charge in [-0.2, -0.15) is 5.26 Å². The van der Waals surface area contributed by atoms with E-state index < -0.39 is 0 Å². The SMILES string of the molecule is Cc1ccc(-c2c(C#N)nnn2Cc2ccccc2F)cc1C. The third-order valence-corrected chi connectivity index (χ3v) is 3.90. The molecule has 1 aromatic heterocycles. The van der Waals surface area contributed by atoms with E-state index in [-0.39, 0.29) is 18.1 Å². The van der Waals surface area contributed by atoms with Crippen LogP contribution in [0.15, 0.2) is 42.5 Å². The molecule has 4 nitrogen and oxygen atoms in total. The molecule has 0 atom stereocenters. The molecular weight excluding hydrogens is 291 g/mol. The zero-order valence-corrected chi connectivity index (χ0v) is 12.9. The van der Waals surface area contributed by atoms with Crippen LogP contribution in [-0.4, -0.2) is 15.0 Å². The summed E-state index contributed by atoms with van der Waals surface area (Å²) in [5.74, 6) is -0.299. The van der Waals surface area contributed by atoms with E-state index in [2.05, 4.69) is 16.4 Å². The Kier molecular flexibility index (Phi) is 3.90. The minimum atomic E-state index is -0.299. The maximum atomic E-state index is 13.9. The fraction of sp³-hybridized carbons (Fsp3) is 0.167. The molecule has 3 rings (SSSR count). The molecule has 0 fully saturated rings. The number of halogens is 1. The maximum absolute atomic E-state index is 13.9. The van der Waals surface area contributed by atoms with Gasteiger partial charge in [-0.1, -0.05) is 35.5 Å². The molecular formula is C18H15FN4. The fourth-order valence-electron chi connectivity index (χ4n) is 2.46. The number of rotatable bonds is 3. The van der Waals surface area contributed by atoms with Crippen LogP contribution in [-0.2, 0) is 6.54 Å². The Balaban J connectivity index is 2.09. The molecule has 0 bridgehead atoms. The van der Waals surface area contributed by atoms with Gasteiger partial charge >= 0.3 is 0 Å². The Labute approximate surface area is 133 Å². The predicted molar refractivity (Wildman–Crippen MR) is 85.1 cm³/mol. The lowest BCUT2D eigenvalue weighted by Crippen LogP contribution is -2.06. The van der Waals surface area contributed by atoms with Crippen LogP contribution in [0.1, 0.15) is 22.4 Å². The van der Waals surface area contributed by atoms with Gasteiger partial charge in [0.05, 0.1) is 6.54 Å². The van der Waals surface area contributed by atoms with Crippen LogP contribution >= 0.6 is 0 Å². The second-order valence-corrected chi connectivity index (χ2v) is 5.45. The molecule has 0 saturated carbocycles. The van der Waals surface area contributed by atoms with E-state index in [1.807, 2.05) is 32.0 Å². The number of nitrogens with zero attached hydrogens (tertiary/aromatic N) is 4. The quantitative estimate of drug-likeness (QED) is 0.742. The first-order valence-electron chi connectivity index (χ1n) is 7.24. The van der Waals surface area contributed by atoms with Gasteiger partial charge in [0, 0.05) is 11.1 Å². The minimum Gasteiger partial charge on any atom is -0.239 e. The molecule has 0 amide bonds. The Bertz CT molecular complexity index is 906. The first-order chi connectivity index (χ1) is 11.1. The van der Waals surface area contributed by atoms with Crippen molar-refractivity contribution in [1.82, 2.24) is 15.0 Å². The molecule has 0 unspecified atom stereocenters. The van der Waals surface area contributed by atoms with E-state index >= 15 is 0 Å². The van der Waals surface area contributed by atoms with Crippen molar-refractivity contribution < 1.29 is 4.39 Å². The molecule has 0 spiro atoms. The molecule has 2 aromatic carbocycles. The highest BCUT2D eigenvalue weighted by Crippen LogP contribution is 2.25. The van der Waals surface area contributed by atoms with Crippen LogP contribution < -0.4 is 0 Å². The monoisotopic (exact) mass is 306 g/mol. The van der Waals surface area contributed by atoms with Gasteiger partial charge in [-0.15, -0.1) is 5.10 Å². The number of hydrogen-bond acceptors (Lipinski definition) is 3. The first kappa shape index (κ1) is 14.9. The minimum absolute atomic E-state index is 0.226. The number of nitriles is 1. The largest absolute Gasteiger partial charge is 0.239 e. The molecule has 3 aromatic rings. The Morgan fingerprint density at radius 2 is 1.91 bits per heavy atom. The van der Waals surface area contributed by atoms with Gasteiger partial charge in [0.2, 0.25) is 0 Å². The lowest BCUT2D eigenvalue weighted by atomic mass is 10.0. The zero-order valence-electron chi connectivity index (χ0n) is 12.9. The summed E-state index contributed by atoms with van der Waals surface area (Å²) in [7, 11) is 0. The fourth-order valence-corrected chi connectivity index (χ4v) is 2.46. The average Bonchev–Trinajstić information content (AvgIpc) is 2.95. The standard InChI is InChI=1S/C18H15FN4/c1-12-7-8-14(9-13(12)2)18-17(10-20)21-22-23(18)11-15-5-3-4-6-16(15)19/h3-9H,11H2,1-2H3. The summed E-state index contributed by atoms with van der Waals surface area (Å²) in [6.45, 7) is 4.26. The van der Waals surface area contributed by atoms with Crippen molar-refractivity contribution in [3.05, 3.63) is 70.7 Å². The summed E-state index contributed by atoms with van der Waals surface area (Å²) in [6, 6.07) is 14.5. The van der Waals surface area contributed by atoms with Gasteiger partial charge in [-0.3, -0.25) is 0 Å². The normalized spacial score (nSPS) is 10.5. The maximum Gasteiger partial charge on any atom is 0.190 e.